The molecule has 2 aliphatic rings. The minimum Gasteiger partial charge on any atom is -0.308 e. The Morgan fingerprint density at radius 1 is 1.41 bits per heavy atom. The number of nitrogens with one attached hydrogen (secondary N) is 1. The van der Waals surface area contributed by atoms with Crippen LogP contribution < -0.4 is 5.32 Å². The molecule has 1 aliphatic carbocycles. The number of nitrogens with zero attached hydrogens (tertiary/aromatic N) is 1. The number of hydrogen-bond acceptors (Lipinski definition) is 3. The zero-order chi connectivity index (χ0) is 12.7. The molecule has 0 aromatic carbocycles. The number of thioether (sulfide) groups is 1. The Hall–Kier alpha value is 0.270. The molecule has 17 heavy (non-hydrogen) atoms. The van der Waals surface area contributed by atoms with Crippen LogP contribution in [0, 0.1) is 5.92 Å². The van der Waals surface area contributed by atoms with Gasteiger partial charge in [-0.15, -0.1) is 0 Å². The van der Waals surface area contributed by atoms with E-state index in [-0.39, 0.29) is 0 Å². The van der Waals surface area contributed by atoms with Crippen LogP contribution >= 0.6 is 11.8 Å². The fourth-order valence-electron chi connectivity index (χ4n) is 2.90. The van der Waals surface area contributed by atoms with E-state index in [1.807, 2.05) is 11.8 Å². The number of hydrogen-bond donors (Lipinski definition) is 1. The van der Waals surface area contributed by atoms with Crippen LogP contribution in [0.25, 0.3) is 0 Å². The highest BCUT2D eigenvalue weighted by Crippen LogP contribution is 2.41. The van der Waals surface area contributed by atoms with Crippen molar-refractivity contribution in [2.75, 3.05) is 25.9 Å². The summed E-state index contributed by atoms with van der Waals surface area (Å²) >= 11 is 1.98. The van der Waals surface area contributed by atoms with E-state index in [0.29, 0.717) is 16.3 Å². The van der Waals surface area contributed by atoms with Gasteiger partial charge in [-0.25, -0.2) is 0 Å². The molecule has 2 atom stereocenters. The molecule has 2 nitrogen and oxygen atoms in total. The normalized spacial score (nSPS) is 36.2. The van der Waals surface area contributed by atoms with E-state index in [1.165, 1.54) is 25.9 Å². The number of rotatable bonds is 4. The lowest BCUT2D eigenvalue weighted by Gasteiger charge is -2.47. The molecule has 0 radical (unpaired) electrons. The second-order valence-corrected chi connectivity index (χ2v) is 8.30. The Labute approximate surface area is 111 Å². The maximum absolute atomic E-state index is 3.79. The highest BCUT2D eigenvalue weighted by atomic mass is 32.2. The summed E-state index contributed by atoms with van der Waals surface area (Å²) in [6.07, 6.45) is 5.09. The summed E-state index contributed by atoms with van der Waals surface area (Å²) in [4.78, 5) is 2.70. The highest BCUT2D eigenvalue weighted by Gasteiger charge is 2.45. The minimum absolute atomic E-state index is 0.371. The molecule has 0 spiro atoms. The summed E-state index contributed by atoms with van der Waals surface area (Å²) in [5.41, 5.74) is 0.376. The van der Waals surface area contributed by atoms with Crippen LogP contribution in [0.2, 0.25) is 0 Å². The largest absolute Gasteiger partial charge is 0.308 e. The van der Waals surface area contributed by atoms with E-state index >= 15 is 0 Å². The van der Waals surface area contributed by atoms with Gasteiger partial charge in [-0.2, -0.15) is 11.8 Å². The van der Waals surface area contributed by atoms with E-state index in [1.54, 1.807) is 0 Å². The van der Waals surface area contributed by atoms with Gasteiger partial charge in [0.25, 0.3) is 0 Å². The third kappa shape index (κ3) is 3.18. The fraction of sp³-hybridized carbons (Fsp3) is 1.00. The first-order valence-electron chi connectivity index (χ1n) is 6.90. The van der Waals surface area contributed by atoms with E-state index in [2.05, 4.69) is 44.2 Å². The first-order chi connectivity index (χ1) is 7.86. The molecule has 1 saturated carbocycles. The lowest BCUT2D eigenvalue weighted by molar-refractivity contribution is 0.0776. The summed E-state index contributed by atoms with van der Waals surface area (Å²) in [6.45, 7) is 13.1. The predicted octanol–water partition coefficient (Wildman–Crippen LogP) is 2.59. The van der Waals surface area contributed by atoms with Gasteiger partial charge in [0.05, 0.1) is 0 Å². The molecular weight excluding hydrogens is 228 g/mol. The molecule has 2 rings (SSSR count). The topological polar surface area (TPSA) is 15.3 Å². The second-order valence-electron chi connectivity index (χ2n) is 6.79. The van der Waals surface area contributed by atoms with Crippen molar-refractivity contribution in [2.45, 2.75) is 56.9 Å². The van der Waals surface area contributed by atoms with Crippen LogP contribution in [-0.4, -0.2) is 47.1 Å². The van der Waals surface area contributed by atoms with Crippen LogP contribution in [0.15, 0.2) is 0 Å². The molecule has 1 aliphatic heterocycles. The Morgan fingerprint density at radius 2 is 2.06 bits per heavy atom. The molecule has 0 amide bonds. The van der Waals surface area contributed by atoms with Crippen LogP contribution in [0.3, 0.4) is 0 Å². The van der Waals surface area contributed by atoms with Gasteiger partial charge in [-0.3, -0.25) is 4.90 Å². The third-order valence-electron chi connectivity index (χ3n) is 4.57. The fourth-order valence-corrected chi connectivity index (χ4v) is 3.20. The van der Waals surface area contributed by atoms with Crippen LogP contribution in [0.5, 0.6) is 0 Å². The SMILES string of the molecule is CSC(C)(C)CN1CC(C)(C2CC2)NCC1C. The summed E-state index contributed by atoms with van der Waals surface area (Å²) < 4.78 is 0.371. The molecule has 1 N–H and O–H groups in total. The molecule has 100 valence electrons. The summed E-state index contributed by atoms with van der Waals surface area (Å²) in [5.74, 6) is 0.926. The van der Waals surface area contributed by atoms with E-state index in [9.17, 15) is 0 Å². The first-order valence-corrected chi connectivity index (χ1v) is 8.13. The molecule has 1 saturated heterocycles. The smallest absolute Gasteiger partial charge is 0.0309 e. The van der Waals surface area contributed by atoms with Crippen molar-refractivity contribution in [1.82, 2.24) is 10.2 Å². The van der Waals surface area contributed by atoms with Crippen molar-refractivity contribution in [3.05, 3.63) is 0 Å². The van der Waals surface area contributed by atoms with Crippen molar-refractivity contribution in [3.8, 4) is 0 Å². The van der Waals surface area contributed by atoms with Crippen molar-refractivity contribution in [2.24, 2.45) is 5.92 Å². The zero-order valence-corrected chi connectivity index (χ0v) is 12.9. The molecule has 1 heterocycles. The van der Waals surface area contributed by atoms with E-state index < -0.39 is 0 Å². The van der Waals surface area contributed by atoms with Crippen molar-refractivity contribution in [1.29, 1.82) is 0 Å². The van der Waals surface area contributed by atoms with E-state index in [4.69, 9.17) is 0 Å². The minimum atomic E-state index is 0.371. The highest BCUT2D eigenvalue weighted by molar-refractivity contribution is 7.99. The van der Waals surface area contributed by atoms with Crippen LogP contribution in [0.1, 0.15) is 40.5 Å². The van der Waals surface area contributed by atoms with Gasteiger partial charge in [-0.1, -0.05) is 0 Å². The van der Waals surface area contributed by atoms with Gasteiger partial charge in [0.15, 0.2) is 0 Å². The molecule has 3 heteroatoms. The Kier molecular flexibility index (Phi) is 3.82. The standard InChI is InChI=1S/C14H28N2S/c1-11-8-15-14(4,12-6-7-12)10-16(11)9-13(2,3)17-5/h11-12,15H,6-10H2,1-5H3. The first kappa shape index (κ1) is 13.7. The molecule has 0 bridgehead atoms. The third-order valence-corrected chi connectivity index (χ3v) is 5.81. The Bertz CT molecular complexity index is 275. The molecular formula is C14H28N2S. The predicted molar refractivity (Wildman–Crippen MR) is 77.8 cm³/mol. The average Bonchev–Trinajstić information content (AvgIpc) is 3.07. The van der Waals surface area contributed by atoms with Gasteiger partial charge in [-0.05, 0) is 52.7 Å². The molecule has 2 fully saturated rings. The van der Waals surface area contributed by atoms with Crippen molar-refractivity contribution >= 4 is 11.8 Å². The lowest BCUT2D eigenvalue weighted by atomic mass is 9.90. The van der Waals surface area contributed by atoms with Gasteiger partial charge < -0.3 is 5.32 Å². The summed E-state index contributed by atoms with van der Waals surface area (Å²) in [6, 6.07) is 0.674. The maximum Gasteiger partial charge on any atom is 0.0309 e. The van der Waals surface area contributed by atoms with Gasteiger partial charge >= 0.3 is 0 Å². The molecule has 0 aromatic rings. The molecule has 2 unspecified atom stereocenters. The van der Waals surface area contributed by atoms with Gasteiger partial charge in [0.1, 0.15) is 0 Å². The quantitative estimate of drug-likeness (QED) is 0.832. The maximum atomic E-state index is 3.79. The lowest BCUT2D eigenvalue weighted by Crippen LogP contribution is -2.64. The number of piperazine rings is 1. The van der Waals surface area contributed by atoms with Gasteiger partial charge in [0, 0.05) is 36.0 Å². The Balaban J connectivity index is 1.99. The zero-order valence-electron chi connectivity index (χ0n) is 12.0. The van der Waals surface area contributed by atoms with Crippen LogP contribution in [0.4, 0.5) is 0 Å². The van der Waals surface area contributed by atoms with Crippen molar-refractivity contribution in [3.63, 3.8) is 0 Å². The van der Waals surface area contributed by atoms with E-state index in [0.717, 1.165) is 12.5 Å². The summed E-state index contributed by atoms with van der Waals surface area (Å²) in [7, 11) is 0. The van der Waals surface area contributed by atoms with Crippen molar-refractivity contribution < 1.29 is 0 Å². The van der Waals surface area contributed by atoms with Crippen LogP contribution in [-0.2, 0) is 0 Å². The molecule has 0 aromatic heterocycles. The van der Waals surface area contributed by atoms with Gasteiger partial charge in [0.2, 0.25) is 0 Å². The second kappa shape index (κ2) is 4.75. The summed E-state index contributed by atoms with van der Waals surface area (Å²) in [5, 5.41) is 3.79. The monoisotopic (exact) mass is 256 g/mol. The Morgan fingerprint density at radius 3 is 2.59 bits per heavy atom. The average molecular weight is 256 g/mol.